The molecule has 0 heterocycles. The van der Waals surface area contributed by atoms with Crippen molar-refractivity contribution in [2.75, 3.05) is 9.93 Å². The summed E-state index contributed by atoms with van der Waals surface area (Å²) < 4.78 is 36.9. The normalized spacial score (nSPS) is 10.7. The van der Waals surface area contributed by atoms with Gasteiger partial charge < -0.3 is 0 Å². The lowest BCUT2D eigenvalue weighted by Crippen LogP contribution is -2.14. The minimum atomic E-state index is -3.68. The van der Waals surface area contributed by atoms with E-state index < -0.39 is 21.1 Å². The van der Waals surface area contributed by atoms with Crippen LogP contribution in [0.4, 0.5) is 10.1 Å². The van der Waals surface area contributed by atoms with Crippen molar-refractivity contribution in [2.45, 2.75) is 0 Å². The van der Waals surface area contributed by atoms with Crippen molar-refractivity contribution in [2.24, 2.45) is 0 Å². The predicted molar refractivity (Wildman–Crippen MR) is 54.4 cm³/mol. The highest BCUT2D eigenvalue weighted by molar-refractivity contribution is 7.93. The number of rotatable bonds is 3. The zero-order chi connectivity index (χ0) is 11.5. The summed E-state index contributed by atoms with van der Waals surface area (Å²) in [5, 5.41) is 8.00. The molecule has 4 nitrogen and oxygen atoms in total. The van der Waals surface area contributed by atoms with Crippen LogP contribution in [0.1, 0.15) is 5.56 Å². The molecule has 15 heavy (non-hydrogen) atoms. The second-order valence-electron chi connectivity index (χ2n) is 2.63. The number of halogens is 2. The predicted octanol–water partition coefficient (Wildman–Crippen LogP) is 1.64. The molecule has 0 unspecified atom stereocenters. The second kappa shape index (κ2) is 4.47. The fraction of sp³-hybridized carbons (Fsp3) is 0.125. The zero-order valence-corrected chi connectivity index (χ0v) is 8.94. The molecule has 0 amide bonds. The van der Waals surface area contributed by atoms with E-state index >= 15 is 0 Å². The van der Waals surface area contributed by atoms with Gasteiger partial charge in [-0.15, -0.1) is 11.6 Å². The van der Waals surface area contributed by atoms with Crippen LogP contribution in [-0.2, 0) is 10.0 Å². The molecule has 1 aromatic rings. The molecule has 7 heteroatoms. The van der Waals surface area contributed by atoms with Crippen LogP contribution in [0.15, 0.2) is 18.2 Å². The molecule has 1 rings (SSSR count). The summed E-state index contributed by atoms with van der Waals surface area (Å²) in [6.45, 7) is 0. The van der Waals surface area contributed by atoms with E-state index in [9.17, 15) is 12.8 Å². The number of nitrogens with one attached hydrogen (secondary N) is 1. The molecule has 0 atom stereocenters. The van der Waals surface area contributed by atoms with Gasteiger partial charge >= 0.3 is 0 Å². The highest BCUT2D eigenvalue weighted by Crippen LogP contribution is 2.17. The summed E-state index contributed by atoms with van der Waals surface area (Å²) in [5.41, 5.74) is -0.0803. The van der Waals surface area contributed by atoms with Gasteiger partial charge in [0.2, 0.25) is 10.0 Å². The Kier molecular flexibility index (Phi) is 3.50. The fourth-order valence-electron chi connectivity index (χ4n) is 0.893. The van der Waals surface area contributed by atoms with Crippen LogP contribution < -0.4 is 4.72 Å². The molecule has 0 saturated heterocycles. The first-order valence-electron chi connectivity index (χ1n) is 3.74. The van der Waals surface area contributed by atoms with Gasteiger partial charge in [-0.2, -0.15) is 5.26 Å². The Morgan fingerprint density at radius 3 is 2.73 bits per heavy atom. The molecule has 0 aliphatic rings. The molecule has 0 aliphatic heterocycles. The summed E-state index contributed by atoms with van der Waals surface area (Å²) in [6, 6.07) is 4.82. The number of hydrogen-bond acceptors (Lipinski definition) is 3. The third-order valence-electron chi connectivity index (χ3n) is 1.51. The van der Waals surface area contributed by atoms with Crippen molar-refractivity contribution in [1.82, 2.24) is 0 Å². The van der Waals surface area contributed by atoms with Gasteiger partial charge in [0, 0.05) is 0 Å². The average Bonchev–Trinajstić information content (AvgIpc) is 2.20. The molecule has 0 fully saturated rings. The first-order chi connectivity index (χ1) is 6.98. The number of alkyl halides is 1. The van der Waals surface area contributed by atoms with E-state index in [4.69, 9.17) is 16.9 Å². The minimum Gasteiger partial charge on any atom is -0.281 e. The van der Waals surface area contributed by atoms with Gasteiger partial charge in [0.1, 0.15) is 17.1 Å². The van der Waals surface area contributed by atoms with E-state index in [0.717, 1.165) is 18.2 Å². The van der Waals surface area contributed by atoms with Crippen molar-refractivity contribution in [3.05, 3.63) is 29.6 Å². The third kappa shape index (κ3) is 3.08. The Morgan fingerprint density at radius 2 is 2.20 bits per heavy atom. The molecule has 80 valence electrons. The van der Waals surface area contributed by atoms with Gasteiger partial charge in [0.25, 0.3) is 0 Å². The number of hydrogen-bond donors (Lipinski definition) is 1. The van der Waals surface area contributed by atoms with E-state index in [1.165, 1.54) is 0 Å². The van der Waals surface area contributed by atoms with Crippen molar-refractivity contribution >= 4 is 27.3 Å². The summed E-state index contributed by atoms with van der Waals surface area (Å²) >= 11 is 5.16. The zero-order valence-electron chi connectivity index (χ0n) is 7.37. The highest BCUT2D eigenvalue weighted by Gasteiger charge is 2.11. The standard InChI is InChI=1S/C8H6ClFN2O2S/c9-5-15(13,14)12-8-2-1-7(10)3-6(8)4-11/h1-3,12H,5H2. The van der Waals surface area contributed by atoms with E-state index in [-0.39, 0.29) is 11.3 Å². The van der Waals surface area contributed by atoms with Crippen LogP contribution in [0, 0.1) is 17.1 Å². The summed E-state index contributed by atoms with van der Waals surface area (Å²) in [6.07, 6.45) is 0. The molecule has 0 aromatic heterocycles. The second-order valence-corrected chi connectivity index (χ2v) is 4.93. The van der Waals surface area contributed by atoms with E-state index in [1.54, 1.807) is 6.07 Å². The van der Waals surface area contributed by atoms with Crippen LogP contribution in [-0.4, -0.2) is 13.6 Å². The molecule has 0 bridgehead atoms. The van der Waals surface area contributed by atoms with E-state index in [0.29, 0.717) is 0 Å². The molecule has 1 aromatic carbocycles. The Hall–Kier alpha value is -1.32. The summed E-state index contributed by atoms with van der Waals surface area (Å²) in [7, 11) is -3.68. The van der Waals surface area contributed by atoms with Crippen LogP contribution in [0.5, 0.6) is 0 Å². The monoisotopic (exact) mass is 248 g/mol. The third-order valence-corrected chi connectivity index (χ3v) is 3.19. The van der Waals surface area contributed by atoms with Crippen LogP contribution in [0.3, 0.4) is 0 Å². The maximum Gasteiger partial charge on any atom is 0.246 e. The van der Waals surface area contributed by atoms with Crippen molar-refractivity contribution in [3.63, 3.8) is 0 Å². The SMILES string of the molecule is N#Cc1cc(F)ccc1NS(=O)(=O)CCl. The lowest BCUT2D eigenvalue weighted by Gasteiger charge is -2.06. The Morgan fingerprint density at radius 1 is 1.53 bits per heavy atom. The number of benzene rings is 1. The van der Waals surface area contributed by atoms with Gasteiger partial charge in [-0.1, -0.05) is 0 Å². The van der Waals surface area contributed by atoms with Crippen molar-refractivity contribution in [1.29, 1.82) is 5.26 Å². The lowest BCUT2D eigenvalue weighted by molar-refractivity contribution is 0.605. The maximum absolute atomic E-state index is 12.7. The Labute approximate surface area is 91.3 Å². The van der Waals surface area contributed by atoms with E-state index in [2.05, 4.69) is 4.72 Å². The van der Waals surface area contributed by atoms with Crippen LogP contribution in [0.2, 0.25) is 0 Å². The summed E-state index contributed by atoms with van der Waals surface area (Å²) in [4.78, 5) is 0. The minimum absolute atomic E-state index is 0.0135. The molecule has 0 radical (unpaired) electrons. The average molecular weight is 249 g/mol. The number of anilines is 1. The largest absolute Gasteiger partial charge is 0.281 e. The molecular weight excluding hydrogens is 243 g/mol. The number of nitrogens with zero attached hydrogens (tertiary/aromatic N) is 1. The van der Waals surface area contributed by atoms with E-state index in [1.807, 2.05) is 0 Å². The first-order valence-corrected chi connectivity index (χ1v) is 5.93. The van der Waals surface area contributed by atoms with Gasteiger partial charge in [0.05, 0.1) is 11.3 Å². The number of sulfonamides is 1. The Bertz CT molecular complexity index is 510. The first kappa shape index (κ1) is 11.8. The summed E-state index contributed by atoms with van der Waals surface area (Å²) in [5.74, 6) is -0.611. The molecule has 0 spiro atoms. The van der Waals surface area contributed by atoms with Crippen LogP contribution >= 0.6 is 11.6 Å². The van der Waals surface area contributed by atoms with Crippen molar-refractivity contribution < 1.29 is 12.8 Å². The molecule has 0 aliphatic carbocycles. The van der Waals surface area contributed by atoms with Crippen molar-refractivity contribution in [3.8, 4) is 6.07 Å². The quantitative estimate of drug-likeness (QED) is 0.827. The molecule has 1 N–H and O–H groups in total. The van der Waals surface area contributed by atoms with Crippen LogP contribution in [0.25, 0.3) is 0 Å². The topological polar surface area (TPSA) is 70.0 Å². The van der Waals surface area contributed by atoms with Gasteiger partial charge in [0.15, 0.2) is 0 Å². The maximum atomic E-state index is 12.7. The fourth-order valence-corrected chi connectivity index (χ4v) is 1.62. The highest BCUT2D eigenvalue weighted by atomic mass is 35.5. The smallest absolute Gasteiger partial charge is 0.246 e. The van der Waals surface area contributed by atoms with Gasteiger partial charge in [-0.25, -0.2) is 12.8 Å². The van der Waals surface area contributed by atoms with Gasteiger partial charge in [-0.05, 0) is 18.2 Å². The molecule has 0 saturated carbocycles. The number of nitriles is 1. The van der Waals surface area contributed by atoms with Gasteiger partial charge in [-0.3, -0.25) is 4.72 Å². The lowest BCUT2D eigenvalue weighted by atomic mass is 10.2. The Balaban J connectivity index is 3.12. The molecular formula is C8H6ClFN2O2S.